The molecule has 11 heteroatoms. The zero-order valence-electron chi connectivity index (χ0n) is 26.6. The van der Waals surface area contributed by atoms with E-state index in [4.69, 9.17) is 0 Å². The van der Waals surface area contributed by atoms with Crippen molar-refractivity contribution in [3.63, 3.8) is 0 Å². The van der Waals surface area contributed by atoms with Gasteiger partial charge in [-0.1, -0.05) is 56.3 Å². The SMILES string of the molecule is CC(C)C[C@@H]1NC(=O)[C@@H](Cc2ccccc2)NC(=O)c2ccc(cc2)CN(C(=O)c2ccsc2)CCCCNC(=O)[C@@H](C)NC1=O. The number of rotatable bonds is 5. The first-order valence-electron chi connectivity index (χ1n) is 15.7. The highest BCUT2D eigenvalue weighted by molar-refractivity contribution is 7.08. The van der Waals surface area contributed by atoms with E-state index in [0.717, 1.165) is 11.1 Å². The van der Waals surface area contributed by atoms with Crippen LogP contribution in [0.2, 0.25) is 0 Å². The van der Waals surface area contributed by atoms with Crippen molar-refractivity contribution in [2.45, 2.75) is 71.1 Å². The molecule has 1 aromatic heterocycles. The maximum absolute atomic E-state index is 13.7. The van der Waals surface area contributed by atoms with E-state index in [2.05, 4.69) is 21.3 Å². The number of amides is 5. The van der Waals surface area contributed by atoms with E-state index >= 15 is 0 Å². The molecular formula is C35H43N5O5S. The van der Waals surface area contributed by atoms with E-state index in [1.165, 1.54) is 11.3 Å². The number of hydrogen-bond acceptors (Lipinski definition) is 6. The van der Waals surface area contributed by atoms with E-state index in [1.54, 1.807) is 30.0 Å². The number of hydrogen-bond donors (Lipinski definition) is 4. The second-order valence-corrected chi connectivity index (χ2v) is 12.9. The van der Waals surface area contributed by atoms with Crippen LogP contribution in [0.1, 0.15) is 71.9 Å². The molecular weight excluding hydrogens is 602 g/mol. The topological polar surface area (TPSA) is 137 Å². The zero-order valence-corrected chi connectivity index (χ0v) is 27.4. The highest BCUT2D eigenvalue weighted by Crippen LogP contribution is 2.16. The summed E-state index contributed by atoms with van der Waals surface area (Å²) in [7, 11) is 0. The Morgan fingerprint density at radius 1 is 0.870 bits per heavy atom. The summed E-state index contributed by atoms with van der Waals surface area (Å²) in [5, 5.41) is 15.0. The van der Waals surface area contributed by atoms with Gasteiger partial charge in [0.1, 0.15) is 18.1 Å². The number of carbonyl (C=O) groups excluding carboxylic acids is 5. The Morgan fingerprint density at radius 2 is 1.59 bits per heavy atom. The van der Waals surface area contributed by atoms with E-state index in [-0.39, 0.29) is 24.2 Å². The van der Waals surface area contributed by atoms with Crippen molar-refractivity contribution in [2.24, 2.45) is 5.92 Å². The summed E-state index contributed by atoms with van der Waals surface area (Å²) in [4.78, 5) is 68.4. The second-order valence-electron chi connectivity index (χ2n) is 12.1. The molecule has 10 nitrogen and oxygen atoms in total. The van der Waals surface area contributed by atoms with Gasteiger partial charge in [0.2, 0.25) is 17.7 Å². The molecule has 3 heterocycles. The van der Waals surface area contributed by atoms with Crippen LogP contribution in [-0.4, -0.2) is 65.7 Å². The molecule has 0 fully saturated rings. The molecule has 5 rings (SSSR count). The molecule has 2 bridgehead atoms. The smallest absolute Gasteiger partial charge is 0.254 e. The van der Waals surface area contributed by atoms with E-state index in [1.807, 2.05) is 67.1 Å². The summed E-state index contributed by atoms with van der Waals surface area (Å²) in [5.41, 5.74) is 2.68. The molecule has 0 aliphatic carbocycles. The average Bonchev–Trinajstić information content (AvgIpc) is 3.58. The monoisotopic (exact) mass is 645 g/mol. The standard InChI is InChI=1S/C35H43N5O5S/c1-23(2)19-29-33(43)37-24(3)31(41)36-16-7-8-17-40(35(45)28-15-18-46-22-28)21-26-11-13-27(14-12-26)32(42)38-30(34(44)39-29)20-25-9-5-4-6-10-25/h4-6,9-15,18,22-24,29-30H,7-8,16-17,19-21H2,1-3H3,(H,36,41)(H,37,43)(H,38,42)(H,39,44)/t24-,29+,30-/m1/s1. The number of nitrogens with one attached hydrogen (secondary N) is 4. The largest absolute Gasteiger partial charge is 0.354 e. The molecule has 3 aromatic rings. The predicted molar refractivity (Wildman–Crippen MR) is 178 cm³/mol. The van der Waals surface area contributed by atoms with Crippen LogP contribution < -0.4 is 21.3 Å². The predicted octanol–water partition coefficient (Wildman–Crippen LogP) is 3.68. The number of carbonyl (C=O) groups is 5. The van der Waals surface area contributed by atoms with Crippen molar-refractivity contribution in [1.29, 1.82) is 0 Å². The third kappa shape index (κ3) is 10.00. The minimum Gasteiger partial charge on any atom is -0.354 e. The van der Waals surface area contributed by atoms with E-state index < -0.39 is 35.8 Å². The lowest BCUT2D eigenvalue weighted by atomic mass is 10.0. The van der Waals surface area contributed by atoms with Crippen LogP contribution in [0, 0.1) is 5.92 Å². The Kier molecular flexibility index (Phi) is 12.5. The van der Waals surface area contributed by atoms with Crippen molar-refractivity contribution in [1.82, 2.24) is 26.2 Å². The van der Waals surface area contributed by atoms with Crippen molar-refractivity contribution >= 4 is 40.9 Å². The van der Waals surface area contributed by atoms with Crippen molar-refractivity contribution in [3.8, 4) is 0 Å². The molecule has 0 unspecified atom stereocenters. The van der Waals surface area contributed by atoms with Gasteiger partial charge >= 0.3 is 0 Å². The normalized spacial score (nSPS) is 20.7. The van der Waals surface area contributed by atoms with E-state index in [0.29, 0.717) is 50.0 Å². The van der Waals surface area contributed by atoms with Gasteiger partial charge in [-0.15, -0.1) is 0 Å². The van der Waals surface area contributed by atoms with Gasteiger partial charge in [-0.3, -0.25) is 24.0 Å². The number of nitrogens with zero attached hydrogens (tertiary/aromatic N) is 1. The summed E-state index contributed by atoms with van der Waals surface area (Å²) in [6.07, 6.45) is 1.85. The third-order valence-electron chi connectivity index (χ3n) is 7.80. The second kappa shape index (κ2) is 16.7. The van der Waals surface area contributed by atoms with Crippen LogP contribution in [0.3, 0.4) is 0 Å². The Labute approximate surface area is 274 Å². The minimum absolute atomic E-state index is 0.0709. The lowest BCUT2D eigenvalue weighted by molar-refractivity contribution is -0.132. The van der Waals surface area contributed by atoms with Crippen molar-refractivity contribution < 1.29 is 24.0 Å². The molecule has 46 heavy (non-hydrogen) atoms. The van der Waals surface area contributed by atoms with Crippen LogP contribution in [-0.2, 0) is 27.3 Å². The van der Waals surface area contributed by atoms with Crippen LogP contribution in [0.4, 0.5) is 0 Å². The number of fused-ring (bicyclic) bond motifs is 18. The third-order valence-corrected chi connectivity index (χ3v) is 8.48. The van der Waals surface area contributed by atoms with Crippen LogP contribution in [0.15, 0.2) is 71.4 Å². The van der Waals surface area contributed by atoms with Crippen LogP contribution >= 0.6 is 11.3 Å². The number of benzene rings is 2. The fourth-order valence-electron chi connectivity index (χ4n) is 5.25. The molecule has 4 N–H and O–H groups in total. The minimum atomic E-state index is -0.967. The maximum Gasteiger partial charge on any atom is 0.254 e. The van der Waals surface area contributed by atoms with Gasteiger partial charge in [-0.05, 0) is 66.8 Å². The molecule has 244 valence electrons. The Hall–Kier alpha value is -4.51. The van der Waals surface area contributed by atoms with Gasteiger partial charge in [0.15, 0.2) is 0 Å². The Balaban J connectivity index is 1.61. The fraction of sp³-hybridized carbons (Fsp3) is 0.400. The van der Waals surface area contributed by atoms with Crippen LogP contribution in [0.25, 0.3) is 0 Å². The first-order chi connectivity index (χ1) is 22.1. The molecule has 0 saturated heterocycles. The van der Waals surface area contributed by atoms with Gasteiger partial charge in [-0.2, -0.15) is 11.3 Å². The van der Waals surface area contributed by atoms with Gasteiger partial charge in [0, 0.05) is 37.0 Å². The average molecular weight is 646 g/mol. The molecule has 2 aliphatic heterocycles. The first kappa shape index (κ1) is 34.4. The van der Waals surface area contributed by atoms with Crippen molar-refractivity contribution in [3.05, 3.63) is 93.7 Å². The van der Waals surface area contributed by atoms with Gasteiger partial charge < -0.3 is 26.2 Å². The summed E-state index contributed by atoms with van der Waals surface area (Å²) in [5.74, 6) is -1.77. The van der Waals surface area contributed by atoms with Crippen molar-refractivity contribution in [2.75, 3.05) is 13.1 Å². The Morgan fingerprint density at radius 3 is 2.26 bits per heavy atom. The Bertz CT molecular complexity index is 1480. The molecule has 5 amide bonds. The highest BCUT2D eigenvalue weighted by atomic mass is 32.1. The zero-order chi connectivity index (χ0) is 33.1. The molecule has 2 aliphatic rings. The molecule has 3 atom stereocenters. The molecule has 2 aromatic carbocycles. The lowest BCUT2D eigenvalue weighted by Crippen LogP contribution is -2.57. The first-order valence-corrected chi connectivity index (χ1v) is 16.7. The fourth-order valence-corrected chi connectivity index (χ4v) is 5.88. The van der Waals surface area contributed by atoms with Gasteiger partial charge in [-0.25, -0.2) is 0 Å². The molecule has 0 saturated carbocycles. The lowest BCUT2D eigenvalue weighted by Gasteiger charge is -2.25. The van der Waals surface area contributed by atoms with Gasteiger partial charge in [0.05, 0.1) is 5.56 Å². The summed E-state index contributed by atoms with van der Waals surface area (Å²) < 4.78 is 0. The molecule has 0 spiro atoms. The van der Waals surface area contributed by atoms with Crippen LogP contribution in [0.5, 0.6) is 0 Å². The maximum atomic E-state index is 13.7. The van der Waals surface area contributed by atoms with Gasteiger partial charge in [0.25, 0.3) is 11.8 Å². The number of thiophene rings is 1. The summed E-state index contributed by atoms with van der Waals surface area (Å²) in [6.45, 7) is 6.69. The quantitative estimate of drug-likeness (QED) is 0.314. The highest BCUT2D eigenvalue weighted by Gasteiger charge is 2.29. The van der Waals surface area contributed by atoms with E-state index in [9.17, 15) is 24.0 Å². The molecule has 0 radical (unpaired) electrons. The summed E-state index contributed by atoms with van der Waals surface area (Å²) in [6, 6.07) is 15.4. The summed E-state index contributed by atoms with van der Waals surface area (Å²) >= 11 is 1.46.